The number of halogens is 1. The second kappa shape index (κ2) is 9.49. The van der Waals surface area contributed by atoms with E-state index in [2.05, 4.69) is 5.32 Å². The van der Waals surface area contributed by atoms with Crippen molar-refractivity contribution in [1.29, 1.82) is 0 Å². The summed E-state index contributed by atoms with van der Waals surface area (Å²) in [6.07, 6.45) is -1.49. The average molecular weight is 494 g/mol. The predicted molar refractivity (Wildman–Crippen MR) is 125 cm³/mol. The van der Waals surface area contributed by atoms with Gasteiger partial charge in [0.25, 0.3) is 10.0 Å². The molecule has 1 unspecified atom stereocenters. The molecule has 0 saturated carbocycles. The van der Waals surface area contributed by atoms with Gasteiger partial charge in [0.2, 0.25) is 5.91 Å². The topological polar surface area (TPSA) is 105 Å². The van der Waals surface area contributed by atoms with Crippen molar-refractivity contribution in [3.05, 3.63) is 48.3 Å². The van der Waals surface area contributed by atoms with Crippen molar-refractivity contribution in [2.24, 2.45) is 0 Å². The third kappa shape index (κ3) is 5.96. The minimum absolute atomic E-state index is 0.0419. The van der Waals surface area contributed by atoms with E-state index in [1.165, 1.54) is 29.2 Å². The van der Waals surface area contributed by atoms with Gasteiger partial charge in [-0.05, 0) is 63.2 Å². The molecule has 0 bridgehead atoms. The molecule has 0 saturated heterocycles. The third-order valence-electron chi connectivity index (χ3n) is 4.84. The molecular formula is C23H28FN3O6S. The molecule has 11 heteroatoms. The number of nitrogens with one attached hydrogen (secondary N) is 1. The molecule has 0 aliphatic carbocycles. The predicted octanol–water partition coefficient (Wildman–Crippen LogP) is 3.61. The molecule has 1 aliphatic heterocycles. The molecule has 3 rings (SSSR count). The van der Waals surface area contributed by atoms with Crippen LogP contribution < -0.4 is 14.4 Å². The molecule has 2 aromatic rings. The van der Waals surface area contributed by atoms with Crippen LogP contribution in [0.15, 0.2) is 47.4 Å². The van der Waals surface area contributed by atoms with Gasteiger partial charge in [-0.15, -0.1) is 0 Å². The Balaban J connectivity index is 1.99. The van der Waals surface area contributed by atoms with Crippen LogP contribution in [-0.2, 0) is 19.6 Å². The van der Waals surface area contributed by atoms with E-state index in [-0.39, 0.29) is 35.2 Å². The van der Waals surface area contributed by atoms with Gasteiger partial charge < -0.3 is 14.4 Å². The van der Waals surface area contributed by atoms with E-state index in [4.69, 9.17) is 9.47 Å². The van der Waals surface area contributed by atoms with Crippen LogP contribution >= 0.6 is 0 Å². The number of amides is 2. The molecule has 1 aliphatic rings. The number of hydrogen-bond acceptors (Lipinski definition) is 6. The molecule has 2 amide bonds. The van der Waals surface area contributed by atoms with Gasteiger partial charge in [0, 0.05) is 19.8 Å². The van der Waals surface area contributed by atoms with Gasteiger partial charge >= 0.3 is 6.09 Å². The lowest BCUT2D eigenvalue weighted by Gasteiger charge is -2.36. The summed E-state index contributed by atoms with van der Waals surface area (Å²) in [7, 11) is -0.941. The maximum absolute atomic E-state index is 13.5. The van der Waals surface area contributed by atoms with Crippen LogP contribution in [0.4, 0.5) is 20.6 Å². The van der Waals surface area contributed by atoms with E-state index in [1.807, 2.05) is 0 Å². The molecule has 184 valence electrons. The van der Waals surface area contributed by atoms with Crippen LogP contribution in [0.3, 0.4) is 0 Å². The Morgan fingerprint density at radius 1 is 1.18 bits per heavy atom. The maximum Gasteiger partial charge on any atom is 0.412 e. The molecule has 1 heterocycles. The Morgan fingerprint density at radius 3 is 2.41 bits per heavy atom. The van der Waals surface area contributed by atoms with Crippen LogP contribution in [0.25, 0.3) is 0 Å². The van der Waals surface area contributed by atoms with Gasteiger partial charge in [0.05, 0.1) is 23.5 Å². The van der Waals surface area contributed by atoms with Crippen LogP contribution in [0.2, 0.25) is 0 Å². The Morgan fingerprint density at radius 2 is 1.82 bits per heavy atom. The minimum Gasteiger partial charge on any atom is -0.486 e. The van der Waals surface area contributed by atoms with E-state index in [9.17, 15) is 22.4 Å². The lowest BCUT2D eigenvalue weighted by Crippen LogP contribution is -2.45. The fourth-order valence-electron chi connectivity index (χ4n) is 3.26. The molecule has 0 spiro atoms. The number of hydrogen-bond donors (Lipinski definition) is 1. The highest BCUT2D eigenvalue weighted by atomic mass is 32.2. The zero-order chi connectivity index (χ0) is 25.3. The number of anilines is 2. The Hall–Kier alpha value is -3.34. The molecule has 2 aromatic carbocycles. The van der Waals surface area contributed by atoms with Gasteiger partial charge in [-0.1, -0.05) is 0 Å². The number of sulfonamides is 1. The lowest BCUT2D eigenvalue weighted by atomic mass is 10.1. The van der Waals surface area contributed by atoms with Crippen molar-refractivity contribution in [3.8, 4) is 5.75 Å². The standard InChI is InChI=1S/C23H28FN3O6S/c1-23(2,3)33-22(29)25-16-8-11-20-19(12-16)27(14-17(32-20)13-21(28)26(4)5)34(30,31)18-9-6-15(24)7-10-18/h6-12,17H,13-14H2,1-5H3,(H,25,29). The first-order chi connectivity index (χ1) is 15.8. The van der Waals surface area contributed by atoms with Crippen molar-refractivity contribution in [2.45, 2.75) is 43.8 Å². The van der Waals surface area contributed by atoms with Crippen molar-refractivity contribution in [1.82, 2.24) is 4.90 Å². The normalized spacial score (nSPS) is 15.7. The fraction of sp³-hybridized carbons (Fsp3) is 0.391. The largest absolute Gasteiger partial charge is 0.486 e. The first kappa shape index (κ1) is 25.3. The second-order valence-corrected chi connectivity index (χ2v) is 10.9. The highest BCUT2D eigenvalue weighted by Crippen LogP contribution is 2.39. The van der Waals surface area contributed by atoms with Gasteiger partial charge in [0.15, 0.2) is 0 Å². The molecule has 0 radical (unpaired) electrons. The van der Waals surface area contributed by atoms with Crippen molar-refractivity contribution in [2.75, 3.05) is 30.3 Å². The van der Waals surface area contributed by atoms with E-state index >= 15 is 0 Å². The summed E-state index contributed by atoms with van der Waals surface area (Å²) >= 11 is 0. The number of benzene rings is 2. The van der Waals surface area contributed by atoms with Crippen LogP contribution in [0.1, 0.15) is 27.2 Å². The minimum atomic E-state index is -4.14. The number of nitrogens with zero attached hydrogens (tertiary/aromatic N) is 2. The Bertz CT molecular complexity index is 1180. The van der Waals surface area contributed by atoms with Crippen LogP contribution in [0.5, 0.6) is 5.75 Å². The number of carbonyl (C=O) groups excluding carboxylic acids is 2. The number of rotatable bonds is 5. The summed E-state index contributed by atoms with van der Waals surface area (Å²) in [6.45, 7) is 5.01. The van der Waals surface area contributed by atoms with E-state index in [1.54, 1.807) is 40.9 Å². The maximum atomic E-state index is 13.5. The molecule has 1 atom stereocenters. The molecular weight excluding hydrogens is 465 g/mol. The van der Waals surface area contributed by atoms with Gasteiger partial charge in [-0.3, -0.25) is 14.4 Å². The zero-order valence-electron chi connectivity index (χ0n) is 19.7. The first-order valence-electron chi connectivity index (χ1n) is 10.6. The summed E-state index contributed by atoms with van der Waals surface area (Å²) < 4.78 is 52.7. The third-order valence-corrected chi connectivity index (χ3v) is 6.63. The van der Waals surface area contributed by atoms with E-state index in [0.717, 1.165) is 16.4 Å². The van der Waals surface area contributed by atoms with Gasteiger partial charge in [-0.2, -0.15) is 0 Å². The quantitative estimate of drug-likeness (QED) is 0.682. The summed E-state index contributed by atoms with van der Waals surface area (Å²) in [5.74, 6) is -0.571. The highest BCUT2D eigenvalue weighted by Gasteiger charge is 2.36. The van der Waals surface area contributed by atoms with Crippen molar-refractivity contribution >= 4 is 33.4 Å². The summed E-state index contributed by atoms with van der Waals surface area (Å²) in [4.78, 5) is 25.7. The number of ether oxygens (including phenoxy) is 2. The Labute approximate surface area is 198 Å². The van der Waals surface area contributed by atoms with Gasteiger partial charge in [0.1, 0.15) is 23.3 Å². The summed E-state index contributed by atoms with van der Waals surface area (Å²) in [5.41, 5.74) is -0.254. The van der Waals surface area contributed by atoms with Crippen molar-refractivity contribution in [3.63, 3.8) is 0 Å². The van der Waals surface area contributed by atoms with E-state index in [0.29, 0.717) is 5.69 Å². The monoisotopic (exact) mass is 493 g/mol. The summed E-state index contributed by atoms with van der Waals surface area (Å²) in [5, 5.41) is 2.58. The SMILES string of the molecule is CN(C)C(=O)CC1CN(S(=O)(=O)c2ccc(F)cc2)c2cc(NC(=O)OC(C)(C)C)ccc2O1. The average Bonchev–Trinajstić information content (AvgIpc) is 2.72. The zero-order valence-corrected chi connectivity index (χ0v) is 20.5. The molecule has 34 heavy (non-hydrogen) atoms. The molecule has 9 nitrogen and oxygen atoms in total. The Kier molecular flexibility index (Phi) is 7.06. The van der Waals surface area contributed by atoms with Gasteiger partial charge in [-0.25, -0.2) is 17.6 Å². The molecule has 0 fully saturated rings. The van der Waals surface area contributed by atoms with E-state index < -0.39 is 33.6 Å². The molecule has 1 N–H and O–H groups in total. The second-order valence-electron chi connectivity index (χ2n) is 9.03. The number of carbonyl (C=O) groups is 2. The molecule has 0 aromatic heterocycles. The number of fused-ring (bicyclic) bond motifs is 1. The summed E-state index contributed by atoms with van der Waals surface area (Å²) in [6, 6.07) is 8.96. The smallest absolute Gasteiger partial charge is 0.412 e. The van der Waals surface area contributed by atoms with Crippen LogP contribution in [-0.4, -0.2) is 57.7 Å². The first-order valence-corrected chi connectivity index (χ1v) is 12.0. The van der Waals surface area contributed by atoms with Crippen molar-refractivity contribution < 1.29 is 31.9 Å². The van der Waals surface area contributed by atoms with Crippen LogP contribution in [0, 0.1) is 5.82 Å². The highest BCUT2D eigenvalue weighted by molar-refractivity contribution is 7.92. The fourth-order valence-corrected chi connectivity index (χ4v) is 4.75. The lowest BCUT2D eigenvalue weighted by molar-refractivity contribution is -0.130.